The van der Waals surface area contributed by atoms with Crippen molar-refractivity contribution >= 4 is 0 Å². The predicted octanol–water partition coefficient (Wildman–Crippen LogP) is 2.05. The van der Waals surface area contributed by atoms with Crippen LogP contribution in [0, 0.1) is 17.8 Å². The van der Waals surface area contributed by atoms with Crippen LogP contribution in [0.25, 0.3) is 0 Å². The Balaban J connectivity index is 2.49. The Morgan fingerprint density at radius 3 is 1.80 bits per heavy atom. The number of aliphatic hydroxyl groups is 1. The van der Waals surface area contributed by atoms with Crippen molar-refractivity contribution in [1.29, 1.82) is 0 Å². The molecule has 2 atom stereocenters. The lowest BCUT2D eigenvalue weighted by atomic mass is 9.75. The number of hydrogen-bond donors (Lipinski definition) is 1. The molecule has 1 aliphatic rings. The highest BCUT2D eigenvalue weighted by Gasteiger charge is 2.29. The molecular weight excluding hydrogens is 124 g/mol. The summed E-state index contributed by atoms with van der Waals surface area (Å²) in [6.07, 6.45) is 2.35. The first-order valence-electron chi connectivity index (χ1n) is 4.29. The maximum atomic E-state index is 9.56. The van der Waals surface area contributed by atoms with Gasteiger partial charge in [0, 0.05) is 0 Å². The first kappa shape index (κ1) is 8.06. The van der Waals surface area contributed by atoms with Gasteiger partial charge in [-0.05, 0) is 30.6 Å². The Morgan fingerprint density at radius 1 is 1.00 bits per heavy atom. The van der Waals surface area contributed by atoms with Crippen LogP contribution in [0.15, 0.2) is 0 Å². The van der Waals surface area contributed by atoms with Crippen LogP contribution in [-0.2, 0) is 0 Å². The minimum Gasteiger partial charge on any atom is -0.393 e. The minimum atomic E-state index is -0.0452. The van der Waals surface area contributed by atoms with Crippen molar-refractivity contribution in [2.45, 2.75) is 39.7 Å². The molecule has 0 amide bonds. The van der Waals surface area contributed by atoms with E-state index in [1.54, 1.807) is 0 Å². The second-order valence-electron chi connectivity index (χ2n) is 4.02. The Hall–Kier alpha value is -0.0400. The smallest absolute Gasteiger partial charge is 0.0591 e. The lowest BCUT2D eigenvalue weighted by Gasteiger charge is -2.34. The molecule has 0 bridgehead atoms. The zero-order valence-electron chi connectivity index (χ0n) is 7.17. The quantitative estimate of drug-likeness (QED) is 0.549. The highest BCUT2D eigenvalue weighted by atomic mass is 16.3. The molecule has 0 spiro atoms. The van der Waals surface area contributed by atoms with E-state index in [1.807, 2.05) is 0 Å². The summed E-state index contributed by atoms with van der Waals surface area (Å²) in [5, 5.41) is 9.56. The third kappa shape index (κ3) is 1.51. The van der Waals surface area contributed by atoms with Crippen molar-refractivity contribution in [3.05, 3.63) is 0 Å². The highest BCUT2D eigenvalue weighted by Crippen LogP contribution is 2.32. The van der Waals surface area contributed by atoms with Crippen molar-refractivity contribution < 1.29 is 5.11 Å². The van der Waals surface area contributed by atoms with E-state index in [0.717, 1.165) is 5.92 Å². The summed E-state index contributed by atoms with van der Waals surface area (Å²) < 4.78 is 0. The topological polar surface area (TPSA) is 20.2 Å². The van der Waals surface area contributed by atoms with Gasteiger partial charge < -0.3 is 5.11 Å². The van der Waals surface area contributed by atoms with E-state index in [1.165, 1.54) is 12.8 Å². The number of hydrogen-bond acceptors (Lipinski definition) is 1. The fourth-order valence-corrected chi connectivity index (χ4v) is 2.21. The van der Waals surface area contributed by atoms with Crippen molar-refractivity contribution in [3.8, 4) is 0 Å². The van der Waals surface area contributed by atoms with Crippen LogP contribution in [0.1, 0.15) is 33.6 Å². The van der Waals surface area contributed by atoms with Gasteiger partial charge in [-0.3, -0.25) is 0 Å². The summed E-state index contributed by atoms with van der Waals surface area (Å²) in [5.41, 5.74) is 0. The van der Waals surface area contributed by atoms with Crippen molar-refractivity contribution in [1.82, 2.24) is 0 Å². The molecule has 1 rings (SSSR count). The normalized spacial score (nSPS) is 49.2. The molecule has 1 N–H and O–H groups in total. The van der Waals surface area contributed by atoms with Crippen LogP contribution in [-0.4, -0.2) is 11.2 Å². The maximum absolute atomic E-state index is 9.56. The third-order valence-corrected chi connectivity index (χ3v) is 2.71. The van der Waals surface area contributed by atoms with E-state index < -0.39 is 0 Å². The van der Waals surface area contributed by atoms with Gasteiger partial charge >= 0.3 is 0 Å². The van der Waals surface area contributed by atoms with Crippen molar-refractivity contribution in [2.24, 2.45) is 17.8 Å². The highest BCUT2D eigenvalue weighted by molar-refractivity contribution is 4.79. The largest absolute Gasteiger partial charge is 0.393 e. The van der Waals surface area contributed by atoms with Gasteiger partial charge in [0.25, 0.3) is 0 Å². The summed E-state index contributed by atoms with van der Waals surface area (Å²) in [5.74, 6) is 1.84. The first-order valence-corrected chi connectivity index (χ1v) is 4.29. The molecule has 0 heterocycles. The Bertz CT molecular complexity index is 99.3. The van der Waals surface area contributed by atoms with Gasteiger partial charge in [0.15, 0.2) is 0 Å². The lowest BCUT2D eigenvalue weighted by Crippen LogP contribution is -2.33. The summed E-state index contributed by atoms with van der Waals surface area (Å²) in [7, 11) is 0. The van der Waals surface area contributed by atoms with E-state index in [2.05, 4.69) is 20.8 Å². The first-order chi connectivity index (χ1) is 4.61. The molecule has 0 aromatic rings. The predicted molar refractivity (Wildman–Crippen MR) is 42.7 cm³/mol. The standard InChI is InChI=1S/C9H18O/c1-6-4-7(2)9(10)8(3)5-6/h6-10H,4-5H2,1-3H3. The second kappa shape index (κ2) is 2.91. The summed E-state index contributed by atoms with van der Waals surface area (Å²) >= 11 is 0. The van der Waals surface area contributed by atoms with E-state index in [4.69, 9.17) is 0 Å². The van der Waals surface area contributed by atoms with Gasteiger partial charge in [-0.15, -0.1) is 0 Å². The van der Waals surface area contributed by atoms with E-state index in [-0.39, 0.29) is 6.10 Å². The lowest BCUT2D eigenvalue weighted by molar-refractivity contribution is 0.0150. The molecule has 0 saturated heterocycles. The molecule has 0 aromatic heterocycles. The van der Waals surface area contributed by atoms with Gasteiger partial charge in [0.2, 0.25) is 0 Å². The van der Waals surface area contributed by atoms with Gasteiger partial charge in [-0.2, -0.15) is 0 Å². The van der Waals surface area contributed by atoms with Crippen LogP contribution in [0.5, 0.6) is 0 Å². The van der Waals surface area contributed by atoms with E-state index in [9.17, 15) is 5.11 Å². The van der Waals surface area contributed by atoms with Gasteiger partial charge in [-0.25, -0.2) is 0 Å². The molecule has 0 aliphatic heterocycles. The number of rotatable bonds is 0. The molecule has 10 heavy (non-hydrogen) atoms. The van der Waals surface area contributed by atoms with E-state index >= 15 is 0 Å². The molecule has 2 unspecified atom stereocenters. The Labute approximate surface area is 63.4 Å². The zero-order valence-corrected chi connectivity index (χ0v) is 7.17. The van der Waals surface area contributed by atoms with Crippen LogP contribution < -0.4 is 0 Å². The fraction of sp³-hybridized carbons (Fsp3) is 1.00. The summed E-state index contributed by atoms with van der Waals surface area (Å²) in [6.45, 7) is 6.58. The molecular formula is C9H18O. The SMILES string of the molecule is CC1CC(C)C(O)C(C)C1. The van der Waals surface area contributed by atoms with Crippen molar-refractivity contribution in [3.63, 3.8) is 0 Å². The Morgan fingerprint density at radius 2 is 1.40 bits per heavy atom. The molecule has 1 nitrogen and oxygen atoms in total. The molecule has 1 heteroatoms. The molecule has 1 aliphatic carbocycles. The van der Waals surface area contributed by atoms with Crippen LogP contribution in [0.4, 0.5) is 0 Å². The molecule has 1 saturated carbocycles. The van der Waals surface area contributed by atoms with Gasteiger partial charge in [-0.1, -0.05) is 20.8 Å². The van der Waals surface area contributed by atoms with Gasteiger partial charge in [0.05, 0.1) is 6.10 Å². The van der Waals surface area contributed by atoms with Crippen LogP contribution in [0.3, 0.4) is 0 Å². The van der Waals surface area contributed by atoms with Crippen LogP contribution in [0.2, 0.25) is 0 Å². The molecule has 0 radical (unpaired) electrons. The Kier molecular flexibility index (Phi) is 2.35. The van der Waals surface area contributed by atoms with Crippen LogP contribution >= 0.6 is 0 Å². The minimum absolute atomic E-state index is 0.0452. The summed E-state index contributed by atoms with van der Waals surface area (Å²) in [6, 6.07) is 0. The summed E-state index contributed by atoms with van der Waals surface area (Å²) in [4.78, 5) is 0. The fourth-order valence-electron chi connectivity index (χ4n) is 2.21. The van der Waals surface area contributed by atoms with Gasteiger partial charge in [0.1, 0.15) is 0 Å². The monoisotopic (exact) mass is 142 g/mol. The average molecular weight is 142 g/mol. The number of aliphatic hydroxyl groups excluding tert-OH is 1. The molecule has 1 fully saturated rings. The van der Waals surface area contributed by atoms with Crippen molar-refractivity contribution in [2.75, 3.05) is 0 Å². The zero-order chi connectivity index (χ0) is 7.72. The third-order valence-electron chi connectivity index (χ3n) is 2.71. The maximum Gasteiger partial charge on any atom is 0.0591 e. The second-order valence-corrected chi connectivity index (χ2v) is 4.02. The van der Waals surface area contributed by atoms with E-state index in [0.29, 0.717) is 11.8 Å². The average Bonchev–Trinajstić information content (AvgIpc) is 1.82. The molecule has 60 valence electrons. The molecule has 0 aromatic carbocycles.